The Kier molecular flexibility index (Phi) is 8.85. The van der Waals surface area contributed by atoms with Gasteiger partial charge in [-0.05, 0) is 51.3 Å². The molecular formula is C29H32Cl2N4O4S. The van der Waals surface area contributed by atoms with Gasteiger partial charge in [0.2, 0.25) is 0 Å². The van der Waals surface area contributed by atoms with Crippen molar-refractivity contribution in [1.82, 2.24) is 15.5 Å². The van der Waals surface area contributed by atoms with E-state index in [2.05, 4.69) is 27.0 Å². The number of anilines is 1. The van der Waals surface area contributed by atoms with Crippen molar-refractivity contribution in [3.63, 3.8) is 0 Å². The lowest BCUT2D eigenvalue weighted by molar-refractivity contribution is 0.0696. The molecule has 1 aliphatic carbocycles. The van der Waals surface area contributed by atoms with Crippen LogP contribution in [0.15, 0.2) is 40.9 Å². The van der Waals surface area contributed by atoms with Gasteiger partial charge in [0.15, 0.2) is 5.13 Å². The number of carboxylic acids is 1. The van der Waals surface area contributed by atoms with Gasteiger partial charge in [0.25, 0.3) is 0 Å². The van der Waals surface area contributed by atoms with Crippen molar-refractivity contribution in [2.45, 2.75) is 57.7 Å². The average molecular weight is 604 g/mol. The second-order valence-corrected chi connectivity index (χ2v) is 11.6. The summed E-state index contributed by atoms with van der Waals surface area (Å²) in [5.41, 5.74) is 3.72. The Morgan fingerprint density at radius 3 is 2.73 bits per heavy atom. The fraction of sp³-hybridized carbons (Fsp3) is 0.414. The maximum atomic E-state index is 11.7. The topological polar surface area (TPSA) is 101 Å². The van der Waals surface area contributed by atoms with Crippen molar-refractivity contribution in [2.75, 3.05) is 24.4 Å². The van der Waals surface area contributed by atoms with Crippen LogP contribution < -0.4 is 15.0 Å². The van der Waals surface area contributed by atoms with E-state index in [1.807, 2.05) is 38.1 Å². The minimum absolute atomic E-state index is 0.0821. The second kappa shape index (κ2) is 12.3. The van der Waals surface area contributed by atoms with Gasteiger partial charge in [-0.1, -0.05) is 46.3 Å². The second-order valence-electron chi connectivity index (χ2n) is 10.2. The molecule has 2 aromatic heterocycles. The predicted octanol–water partition coefficient (Wildman–Crippen LogP) is 7.19. The van der Waals surface area contributed by atoms with E-state index in [9.17, 15) is 9.90 Å². The molecule has 0 bridgehead atoms. The minimum atomic E-state index is -0.976. The largest absolute Gasteiger partial charge is 0.489 e. The number of carboxylic acid groups (broad SMARTS) is 1. The Morgan fingerprint density at radius 1 is 1.25 bits per heavy atom. The molecule has 1 unspecified atom stereocenters. The summed E-state index contributed by atoms with van der Waals surface area (Å²) >= 11 is 12.6. The van der Waals surface area contributed by atoms with Crippen LogP contribution in [0.2, 0.25) is 5.02 Å². The first-order valence-electron chi connectivity index (χ1n) is 13.3. The standard InChI is InChI=1S/C28H29ClN4O4S.CH3Cl/c1-15(2)36-22-11-17(27(34)35)12-23-25(22)31-28(38-23)33-10-9-18(14-33)30-13-20-24(19-5-3-4-6-21(19)29)32-37-26(20)16-7-8-16;1-2/h3-6,11-12,15-16,18,30H,7-10,13-14H2,1-2H3,(H,34,35);1H3. The number of halogens is 2. The van der Waals surface area contributed by atoms with Gasteiger partial charge in [-0.15, -0.1) is 11.6 Å². The van der Waals surface area contributed by atoms with Gasteiger partial charge in [-0.25, -0.2) is 9.78 Å². The Balaban J connectivity index is 0.00000158. The molecule has 212 valence electrons. The van der Waals surface area contributed by atoms with Gasteiger partial charge < -0.3 is 24.6 Å². The van der Waals surface area contributed by atoms with E-state index < -0.39 is 5.97 Å². The number of aromatic nitrogens is 2. The van der Waals surface area contributed by atoms with Gasteiger partial charge in [0, 0.05) is 49.1 Å². The molecule has 1 atom stereocenters. The van der Waals surface area contributed by atoms with Gasteiger partial charge in [-0.3, -0.25) is 0 Å². The molecule has 2 N–H and O–H groups in total. The van der Waals surface area contributed by atoms with Crippen LogP contribution in [-0.2, 0) is 6.54 Å². The number of nitrogens with one attached hydrogen (secondary N) is 1. The summed E-state index contributed by atoms with van der Waals surface area (Å²) in [6, 6.07) is 11.3. The van der Waals surface area contributed by atoms with E-state index in [-0.39, 0.29) is 17.7 Å². The van der Waals surface area contributed by atoms with Crippen LogP contribution in [0.4, 0.5) is 5.13 Å². The normalized spacial score (nSPS) is 16.9. The highest BCUT2D eigenvalue weighted by atomic mass is 35.5. The molecule has 6 rings (SSSR count). The average Bonchev–Trinajstić information content (AvgIpc) is 3.33. The van der Waals surface area contributed by atoms with Crippen LogP contribution in [0.5, 0.6) is 5.75 Å². The number of aromatic carboxylic acids is 1. The molecule has 1 aliphatic heterocycles. The molecule has 40 heavy (non-hydrogen) atoms. The van der Waals surface area contributed by atoms with Crippen molar-refractivity contribution < 1.29 is 19.2 Å². The van der Waals surface area contributed by atoms with E-state index in [0.29, 0.717) is 28.8 Å². The smallest absolute Gasteiger partial charge is 0.335 e. The summed E-state index contributed by atoms with van der Waals surface area (Å²) in [5, 5.41) is 19.2. The molecule has 11 heteroatoms. The Morgan fingerprint density at radius 2 is 2.02 bits per heavy atom. The molecular weight excluding hydrogens is 571 g/mol. The molecule has 4 aromatic rings. The summed E-state index contributed by atoms with van der Waals surface area (Å²) < 4.78 is 12.5. The Hall–Kier alpha value is -2.85. The number of carbonyl (C=O) groups is 1. The summed E-state index contributed by atoms with van der Waals surface area (Å²) in [4.78, 5) is 18.8. The maximum absolute atomic E-state index is 11.7. The van der Waals surface area contributed by atoms with Gasteiger partial charge >= 0.3 is 5.97 Å². The van der Waals surface area contributed by atoms with Crippen LogP contribution in [0, 0.1) is 0 Å². The number of ether oxygens (including phenoxy) is 1. The lowest BCUT2D eigenvalue weighted by atomic mass is 10.0. The molecule has 0 radical (unpaired) electrons. The van der Waals surface area contributed by atoms with Crippen molar-refractivity contribution in [2.24, 2.45) is 0 Å². The van der Waals surface area contributed by atoms with Crippen molar-refractivity contribution >= 4 is 55.9 Å². The van der Waals surface area contributed by atoms with Crippen LogP contribution in [0.25, 0.3) is 21.5 Å². The van der Waals surface area contributed by atoms with Crippen LogP contribution >= 0.6 is 34.5 Å². The van der Waals surface area contributed by atoms with E-state index in [0.717, 1.165) is 64.8 Å². The monoisotopic (exact) mass is 602 g/mol. The molecule has 2 aromatic carbocycles. The SMILES string of the molecule is CC(C)Oc1cc(C(=O)O)cc2sc(N3CCC(NCc4c(-c5ccccc5Cl)noc4C4CC4)C3)nc12.CCl. The maximum Gasteiger partial charge on any atom is 0.335 e. The van der Waals surface area contributed by atoms with Gasteiger partial charge in [0.05, 0.1) is 21.4 Å². The highest BCUT2D eigenvalue weighted by molar-refractivity contribution is 7.22. The fourth-order valence-electron chi connectivity index (χ4n) is 4.96. The van der Waals surface area contributed by atoms with E-state index in [4.69, 9.17) is 25.8 Å². The molecule has 8 nitrogen and oxygen atoms in total. The minimum Gasteiger partial charge on any atom is -0.489 e. The zero-order valence-corrected chi connectivity index (χ0v) is 24.9. The summed E-state index contributed by atoms with van der Waals surface area (Å²) in [7, 11) is 0. The van der Waals surface area contributed by atoms with Gasteiger partial charge in [-0.2, -0.15) is 0 Å². The quantitative estimate of drug-likeness (QED) is 0.194. The van der Waals surface area contributed by atoms with E-state index in [1.165, 1.54) is 17.7 Å². The van der Waals surface area contributed by atoms with E-state index >= 15 is 0 Å². The zero-order valence-electron chi connectivity index (χ0n) is 22.6. The van der Waals surface area contributed by atoms with Gasteiger partial charge in [0.1, 0.15) is 22.7 Å². The third kappa shape index (κ3) is 6.07. The molecule has 0 spiro atoms. The van der Waals surface area contributed by atoms with E-state index in [1.54, 1.807) is 12.1 Å². The van der Waals surface area contributed by atoms with Crippen molar-refractivity contribution in [1.29, 1.82) is 0 Å². The molecule has 0 amide bonds. The number of fused-ring (bicyclic) bond motifs is 1. The number of hydrogen-bond acceptors (Lipinski definition) is 8. The van der Waals surface area contributed by atoms with Crippen LogP contribution in [0.1, 0.15) is 60.7 Å². The first-order valence-corrected chi connectivity index (χ1v) is 15.3. The zero-order chi connectivity index (χ0) is 28.4. The number of rotatable bonds is 9. The van der Waals surface area contributed by atoms with Crippen molar-refractivity contribution in [3.8, 4) is 17.0 Å². The fourth-order valence-corrected chi connectivity index (χ4v) is 6.24. The molecule has 3 heterocycles. The molecule has 1 saturated heterocycles. The first kappa shape index (κ1) is 28.7. The third-order valence-electron chi connectivity index (χ3n) is 6.98. The summed E-state index contributed by atoms with van der Waals surface area (Å²) in [6.45, 7) is 6.16. The summed E-state index contributed by atoms with van der Waals surface area (Å²) in [6.07, 6.45) is 4.62. The number of thiazole rings is 1. The molecule has 2 fully saturated rings. The van der Waals surface area contributed by atoms with Crippen LogP contribution in [0.3, 0.4) is 0 Å². The Labute approximate surface area is 247 Å². The lowest BCUT2D eigenvalue weighted by Gasteiger charge is -2.16. The van der Waals surface area contributed by atoms with Crippen LogP contribution in [-0.4, -0.2) is 52.8 Å². The van der Waals surface area contributed by atoms with Crippen molar-refractivity contribution in [3.05, 3.63) is 58.3 Å². The lowest BCUT2D eigenvalue weighted by Crippen LogP contribution is -2.32. The highest BCUT2D eigenvalue weighted by Crippen LogP contribution is 2.45. The number of hydrogen-bond donors (Lipinski definition) is 2. The number of benzene rings is 2. The number of alkyl halides is 1. The number of nitrogens with zero attached hydrogens (tertiary/aromatic N) is 3. The predicted molar refractivity (Wildman–Crippen MR) is 161 cm³/mol. The molecule has 2 aliphatic rings. The Bertz CT molecular complexity index is 1500. The summed E-state index contributed by atoms with van der Waals surface area (Å²) in [5.74, 6) is 0.950. The first-order chi connectivity index (χ1) is 19.4. The third-order valence-corrected chi connectivity index (χ3v) is 8.37. The highest BCUT2D eigenvalue weighted by Gasteiger charge is 2.34. The molecule has 1 saturated carbocycles.